The molecular weight excluding hydrogens is 373 g/mol. The second-order valence-electron chi connectivity index (χ2n) is 4.81. The second-order valence-corrected chi connectivity index (χ2v) is 6.90. The largest absolute Gasteiger partial charge is 0.493 e. The van der Waals surface area contributed by atoms with Gasteiger partial charge in [-0.1, -0.05) is 11.6 Å². The maximum Gasteiger partial charge on any atom is 0.267 e. The van der Waals surface area contributed by atoms with E-state index in [2.05, 4.69) is 0 Å². The van der Waals surface area contributed by atoms with Gasteiger partial charge < -0.3 is 9.47 Å². The van der Waals surface area contributed by atoms with Gasteiger partial charge in [0.2, 0.25) is 0 Å². The van der Waals surface area contributed by atoms with Gasteiger partial charge in [0.15, 0.2) is 11.5 Å². The summed E-state index contributed by atoms with van der Waals surface area (Å²) in [5, 5.41) is 0.0408. The van der Waals surface area contributed by atoms with Crippen molar-refractivity contribution in [3.05, 3.63) is 52.8 Å². The molecule has 25 heavy (non-hydrogen) atoms. The molecule has 0 aliphatic carbocycles. The molecular formula is C16H15ClFNO5S. The normalized spacial score (nSPS) is 11.0. The Morgan fingerprint density at radius 1 is 1.20 bits per heavy atom. The third-order valence-corrected chi connectivity index (χ3v) is 4.74. The highest BCUT2D eigenvalue weighted by atomic mass is 35.5. The van der Waals surface area contributed by atoms with Gasteiger partial charge in [-0.25, -0.2) is 17.5 Å². The molecule has 134 valence electrons. The van der Waals surface area contributed by atoms with Gasteiger partial charge in [0.05, 0.1) is 13.7 Å². The number of rotatable bonds is 6. The van der Waals surface area contributed by atoms with Crippen LogP contribution >= 0.6 is 11.6 Å². The Morgan fingerprint density at radius 3 is 2.52 bits per heavy atom. The summed E-state index contributed by atoms with van der Waals surface area (Å²) >= 11 is 5.59. The summed E-state index contributed by atoms with van der Waals surface area (Å²) in [6.07, 6.45) is 0. The Kier molecular flexibility index (Phi) is 5.86. The first-order chi connectivity index (χ1) is 11.8. The van der Waals surface area contributed by atoms with E-state index in [4.69, 9.17) is 21.1 Å². The zero-order chi connectivity index (χ0) is 18.6. The lowest BCUT2D eigenvalue weighted by Crippen LogP contribution is -2.31. The Labute approximate surface area is 149 Å². The highest BCUT2D eigenvalue weighted by molar-refractivity contribution is 7.90. The van der Waals surface area contributed by atoms with Gasteiger partial charge in [-0.15, -0.1) is 0 Å². The zero-order valence-electron chi connectivity index (χ0n) is 13.4. The fraction of sp³-hybridized carbons (Fsp3) is 0.188. The number of halogens is 2. The smallest absolute Gasteiger partial charge is 0.267 e. The Morgan fingerprint density at radius 2 is 1.92 bits per heavy atom. The Bertz CT molecular complexity index is 901. The standard InChI is InChI=1S/C16H15ClFNO5S/c1-3-24-13-6-4-10(8-14(13)23-2)16(20)19-25(21,22)15-7-5-11(17)9-12(15)18/h4-9H,3H2,1-2H3,(H,19,20). The fourth-order valence-electron chi connectivity index (χ4n) is 2.01. The molecule has 2 aromatic rings. The van der Waals surface area contributed by atoms with E-state index in [9.17, 15) is 17.6 Å². The first-order valence-corrected chi connectivity index (χ1v) is 8.97. The van der Waals surface area contributed by atoms with Gasteiger partial charge in [-0.2, -0.15) is 0 Å². The average Bonchev–Trinajstić information content (AvgIpc) is 2.54. The molecule has 0 bridgehead atoms. The number of ether oxygens (including phenoxy) is 2. The first-order valence-electron chi connectivity index (χ1n) is 7.11. The predicted molar refractivity (Wildman–Crippen MR) is 90.2 cm³/mol. The molecule has 0 heterocycles. The molecule has 0 aliphatic rings. The van der Waals surface area contributed by atoms with Crippen molar-refractivity contribution in [2.45, 2.75) is 11.8 Å². The van der Waals surface area contributed by atoms with Gasteiger partial charge in [0.1, 0.15) is 10.7 Å². The van der Waals surface area contributed by atoms with E-state index in [0.717, 1.165) is 12.1 Å². The van der Waals surface area contributed by atoms with Gasteiger partial charge in [0.25, 0.3) is 15.9 Å². The topological polar surface area (TPSA) is 81.7 Å². The lowest BCUT2D eigenvalue weighted by molar-refractivity contribution is 0.0981. The summed E-state index contributed by atoms with van der Waals surface area (Å²) in [5.41, 5.74) is 0.0123. The molecule has 0 saturated heterocycles. The van der Waals surface area contributed by atoms with Crippen molar-refractivity contribution in [1.82, 2.24) is 4.72 Å². The van der Waals surface area contributed by atoms with Crippen LogP contribution in [0.25, 0.3) is 0 Å². The molecule has 0 radical (unpaired) electrons. The second kappa shape index (κ2) is 7.71. The van der Waals surface area contributed by atoms with Gasteiger partial charge in [-0.3, -0.25) is 4.79 Å². The van der Waals surface area contributed by atoms with Crippen LogP contribution in [0.1, 0.15) is 17.3 Å². The van der Waals surface area contributed by atoms with Crippen LogP contribution in [0, 0.1) is 5.82 Å². The van der Waals surface area contributed by atoms with Crippen LogP contribution in [0.3, 0.4) is 0 Å². The van der Waals surface area contributed by atoms with E-state index in [1.54, 1.807) is 11.6 Å². The Hall–Kier alpha value is -2.32. The van der Waals surface area contributed by atoms with E-state index in [-0.39, 0.29) is 16.3 Å². The maximum absolute atomic E-state index is 13.8. The van der Waals surface area contributed by atoms with Crippen LogP contribution in [0.5, 0.6) is 11.5 Å². The van der Waals surface area contributed by atoms with Crippen LogP contribution in [0.2, 0.25) is 5.02 Å². The van der Waals surface area contributed by atoms with Gasteiger partial charge in [-0.05, 0) is 43.3 Å². The first kappa shape index (κ1) is 19.0. The number of benzene rings is 2. The van der Waals surface area contributed by atoms with Crippen molar-refractivity contribution >= 4 is 27.5 Å². The van der Waals surface area contributed by atoms with Crippen molar-refractivity contribution in [2.24, 2.45) is 0 Å². The van der Waals surface area contributed by atoms with E-state index in [1.807, 2.05) is 0 Å². The summed E-state index contributed by atoms with van der Waals surface area (Å²) in [5.74, 6) is -1.31. The maximum atomic E-state index is 13.8. The number of amides is 1. The molecule has 0 unspecified atom stereocenters. The van der Waals surface area contributed by atoms with Gasteiger partial charge >= 0.3 is 0 Å². The molecule has 0 aliphatic heterocycles. The number of hydrogen-bond acceptors (Lipinski definition) is 5. The molecule has 0 spiro atoms. The monoisotopic (exact) mass is 387 g/mol. The minimum absolute atomic E-state index is 0.0123. The molecule has 0 fully saturated rings. The van der Waals surface area contributed by atoms with E-state index in [1.165, 1.54) is 31.4 Å². The Balaban J connectivity index is 2.29. The molecule has 0 aromatic heterocycles. The number of nitrogens with one attached hydrogen (secondary N) is 1. The quantitative estimate of drug-likeness (QED) is 0.824. The molecule has 6 nitrogen and oxygen atoms in total. The van der Waals surface area contributed by atoms with Crippen LogP contribution in [0.15, 0.2) is 41.3 Å². The van der Waals surface area contributed by atoms with Crippen molar-refractivity contribution < 1.29 is 27.1 Å². The number of methoxy groups -OCH3 is 1. The average molecular weight is 388 g/mol. The molecule has 0 atom stereocenters. The third-order valence-electron chi connectivity index (χ3n) is 3.14. The van der Waals surface area contributed by atoms with Gasteiger partial charge in [0, 0.05) is 10.6 Å². The summed E-state index contributed by atoms with van der Waals surface area (Å²) in [6, 6.07) is 7.22. The van der Waals surface area contributed by atoms with Crippen LogP contribution in [0.4, 0.5) is 4.39 Å². The van der Waals surface area contributed by atoms with Crippen molar-refractivity contribution in [3.63, 3.8) is 0 Å². The summed E-state index contributed by atoms with van der Waals surface area (Å²) in [6.45, 7) is 2.18. The van der Waals surface area contributed by atoms with E-state index >= 15 is 0 Å². The van der Waals surface area contributed by atoms with Crippen LogP contribution in [-0.4, -0.2) is 28.0 Å². The highest BCUT2D eigenvalue weighted by Crippen LogP contribution is 2.28. The van der Waals surface area contributed by atoms with Crippen molar-refractivity contribution in [3.8, 4) is 11.5 Å². The molecule has 9 heteroatoms. The van der Waals surface area contributed by atoms with Crippen molar-refractivity contribution in [1.29, 1.82) is 0 Å². The molecule has 0 saturated carbocycles. The molecule has 2 aromatic carbocycles. The summed E-state index contributed by atoms with van der Waals surface area (Å²) in [7, 11) is -3.01. The highest BCUT2D eigenvalue weighted by Gasteiger charge is 2.23. The predicted octanol–water partition coefficient (Wildman–Crippen LogP) is 3.01. The van der Waals surface area contributed by atoms with Crippen LogP contribution in [-0.2, 0) is 10.0 Å². The molecule has 1 amide bonds. The number of carbonyl (C=O) groups is 1. The number of carbonyl (C=O) groups excluding carboxylic acids is 1. The third kappa shape index (κ3) is 4.40. The number of hydrogen-bond donors (Lipinski definition) is 1. The minimum Gasteiger partial charge on any atom is -0.493 e. The van der Waals surface area contributed by atoms with E-state index in [0.29, 0.717) is 12.4 Å². The van der Waals surface area contributed by atoms with Crippen molar-refractivity contribution in [2.75, 3.05) is 13.7 Å². The lowest BCUT2D eigenvalue weighted by atomic mass is 10.2. The lowest BCUT2D eigenvalue weighted by Gasteiger charge is -2.12. The summed E-state index contributed by atoms with van der Waals surface area (Å²) in [4.78, 5) is 11.5. The van der Waals surface area contributed by atoms with E-state index < -0.39 is 26.6 Å². The molecule has 1 N–H and O–H groups in total. The zero-order valence-corrected chi connectivity index (χ0v) is 14.9. The van der Waals surface area contributed by atoms with Crippen LogP contribution < -0.4 is 14.2 Å². The number of sulfonamides is 1. The minimum atomic E-state index is -4.40. The fourth-order valence-corrected chi connectivity index (χ4v) is 3.21. The SMILES string of the molecule is CCOc1ccc(C(=O)NS(=O)(=O)c2ccc(Cl)cc2F)cc1OC. The molecule has 2 rings (SSSR count). The summed E-state index contributed by atoms with van der Waals surface area (Å²) < 4.78 is 50.4.